The molecule has 5 aromatic rings. The fourth-order valence-corrected chi connectivity index (χ4v) is 8.26. The lowest BCUT2D eigenvalue weighted by molar-refractivity contribution is -0.168. The monoisotopic (exact) mass is 790 g/mol. The fourth-order valence-electron chi connectivity index (χ4n) is 7.04. The number of fused-ring (bicyclic) bond motifs is 1. The Balaban J connectivity index is 1.29. The second kappa shape index (κ2) is 16.2. The first kappa shape index (κ1) is 39.0. The lowest BCUT2D eigenvalue weighted by Crippen LogP contribution is -2.49. The summed E-state index contributed by atoms with van der Waals surface area (Å²) in [6.45, 7) is 10.2. The molecule has 1 amide bonds. The average molecular weight is 791 g/mol. The molecule has 4 atom stereocenters. The number of nitrogens with one attached hydrogen (secondary N) is 1. The van der Waals surface area contributed by atoms with E-state index in [-0.39, 0.29) is 23.4 Å². The van der Waals surface area contributed by atoms with Gasteiger partial charge >= 0.3 is 0 Å². The van der Waals surface area contributed by atoms with Crippen molar-refractivity contribution >= 4 is 31.2 Å². The van der Waals surface area contributed by atoms with Gasteiger partial charge in [0.25, 0.3) is 5.91 Å². The molecule has 1 fully saturated rings. The SMILES string of the molecule is [2H][C@@]1(O)[C@@H](COC(C2=CCC(OC)(OC)C=C2)(c2ccccc2)c2ccccc2)O[C@@H](n2cnc3c(NC(=O)c4ccccc4)ncnc32)[C@@H]1O[Si](C)(C)C(C)(C)C. The molecule has 2 aromatic heterocycles. The van der Waals surface area contributed by atoms with Crippen LogP contribution < -0.4 is 5.32 Å². The van der Waals surface area contributed by atoms with E-state index in [2.05, 4.69) is 54.1 Å². The Labute approximate surface area is 336 Å². The van der Waals surface area contributed by atoms with Crippen molar-refractivity contribution in [1.29, 1.82) is 0 Å². The van der Waals surface area contributed by atoms with Crippen LogP contribution in [0.25, 0.3) is 11.2 Å². The van der Waals surface area contributed by atoms with Gasteiger partial charge in [-0.25, -0.2) is 15.0 Å². The van der Waals surface area contributed by atoms with Crippen molar-refractivity contribution in [2.75, 3.05) is 26.1 Å². The quantitative estimate of drug-likeness (QED) is 0.0908. The molecule has 0 spiro atoms. The Morgan fingerprint density at radius 2 is 1.58 bits per heavy atom. The van der Waals surface area contributed by atoms with Crippen LogP contribution in [0.5, 0.6) is 0 Å². The predicted molar refractivity (Wildman–Crippen MR) is 220 cm³/mol. The molecule has 13 heteroatoms. The van der Waals surface area contributed by atoms with Gasteiger partial charge < -0.3 is 33.8 Å². The second-order valence-electron chi connectivity index (χ2n) is 15.7. The molecule has 7 rings (SSSR count). The molecule has 2 N–H and O–H groups in total. The zero-order valence-corrected chi connectivity index (χ0v) is 34.4. The zero-order chi connectivity index (χ0) is 41.3. The maximum atomic E-state index is 13.1. The second-order valence-corrected chi connectivity index (χ2v) is 20.5. The molecule has 1 saturated heterocycles. The number of amides is 1. The molecule has 0 radical (unpaired) electrons. The molecule has 3 heterocycles. The largest absolute Gasteiger partial charge is 0.407 e. The van der Waals surface area contributed by atoms with Crippen LogP contribution in [0, 0.1) is 0 Å². The van der Waals surface area contributed by atoms with Crippen LogP contribution in [0.2, 0.25) is 18.1 Å². The lowest BCUT2D eigenvalue weighted by atomic mass is 9.77. The number of rotatable bonds is 13. The van der Waals surface area contributed by atoms with Crippen molar-refractivity contribution in [3.63, 3.8) is 0 Å². The summed E-state index contributed by atoms with van der Waals surface area (Å²) in [6, 6.07) is 28.5. The third-order valence-electron chi connectivity index (χ3n) is 11.3. The number of carbonyl (C=O) groups is 1. The number of imidazole rings is 1. The molecule has 1 aliphatic carbocycles. The van der Waals surface area contributed by atoms with Gasteiger partial charge in [0.15, 0.2) is 37.3 Å². The topological polar surface area (TPSA) is 139 Å². The Kier molecular flexibility index (Phi) is 11.1. The first-order chi connectivity index (χ1) is 27.7. The number of benzene rings is 3. The molecule has 0 saturated carbocycles. The van der Waals surface area contributed by atoms with Crippen LogP contribution >= 0.6 is 0 Å². The molecule has 298 valence electrons. The summed E-state index contributed by atoms with van der Waals surface area (Å²) in [5.41, 5.74) is 2.36. The first-order valence-electron chi connectivity index (χ1n) is 19.5. The van der Waals surface area contributed by atoms with Gasteiger partial charge in [-0.3, -0.25) is 9.36 Å². The number of aliphatic hydroxyl groups is 1. The highest BCUT2D eigenvalue weighted by Gasteiger charge is 2.52. The van der Waals surface area contributed by atoms with Crippen LogP contribution in [0.3, 0.4) is 0 Å². The van der Waals surface area contributed by atoms with E-state index in [9.17, 15) is 11.3 Å². The minimum Gasteiger partial charge on any atom is -0.407 e. The van der Waals surface area contributed by atoms with E-state index in [1.807, 2.05) is 85.0 Å². The van der Waals surface area contributed by atoms with Crippen molar-refractivity contribution < 1.29 is 34.6 Å². The molecular weight excluding hydrogens is 739 g/mol. The Bertz CT molecular complexity index is 2240. The summed E-state index contributed by atoms with van der Waals surface area (Å²) < 4.78 is 43.6. The van der Waals surface area contributed by atoms with E-state index in [0.29, 0.717) is 23.1 Å². The van der Waals surface area contributed by atoms with Crippen LogP contribution in [-0.4, -0.2) is 83.8 Å². The van der Waals surface area contributed by atoms with Crippen molar-refractivity contribution in [3.8, 4) is 0 Å². The normalized spacial score (nSPS) is 22.6. The van der Waals surface area contributed by atoms with Gasteiger partial charge in [0.1, 0.15) is 30.2 Å². The van der Waals surface area contributed by atoms with Crippen LogP contribution in [0.15, 0.2) is 127 Å². The summed E-state index contributed by atoms with van der Waals surface area (Å²) in [5, 5.41) is 15.0. The summed E-state index contributed by atoms with van der Waals surface area (Å²) >= 11 is 0. The lowest BCUT2D eigenvalue weighted by Gasteiger charge is -2.40. The highest BCUT2D eigenvalue weighted by molar-refractivity contribution is 6.74. The number of carbonyl (C=O) groups excluding carboxylic acids is 1. The third-order valence-corrected chi connectivity index (χ3v) is 15.8. The molecule has 1 aliphatic heterocycles. The standard InChI is InChI=1S/C44H51N5O7Si/c1-42(2,3)57(6,7)56-37-36(50)34(55-41(37)49-29-47-35-38(45-28-46-39(35)49)48-40(51)30-17-11-8-12-18-30)27-54-44(31-19-13-9-14-20-31,32-21-15-10-16-22-32)33-23-25-43(52-4,53-5)26-24-33/h8-25,28-29,34,36-37,41,50H,26-27H2,1-7H3,(H,45,46,48,51)/t34-,36-,37-,41-/m1/s1/i36D. The van der Waals surface area contributed by atoms with Crippen molar-refractivity contribution in [2.24, 2.45) is 0 Å². The van der Waals surface area contributed by atoms with E-state index in [4.69, 9.17) is 23.4 Å². The number of hydrogen-bond donors (Lipinski definition) is 2. The van der Waals surface area contributed by atoms with Crippen LogP contribution in [0.1, 0.15) is 56.3 Å². The van der Waals surface area contributed by atoms with Crippen molar-refractivity contribution in [3.05, 3.63) is 144 Å². The maximum Gasteiger partial charge on any atom is 0.256 e. The van der Waals surface area contributed by atoms with E-state index in [1.54, 1.807) is 43.1 Å². The van der Waals surface area contributed by atoms with Crippen LogP contribution in [0.4, 0.5) is 5.82 Å². The van der Waals surface area contributed by atoms with Crippen molar-refractivity contribution in [1.82, 2.24) is 19.5 Å². The number of nitrogens with zero attached hydrogens (tertiary/aromatic N) is 4. The summed E-state index contributed by atoms with van der Waals surface area (Å²) in [7, 11) is 0.549. The summed E-state index contributed by atoms with van der Waals surface area (Å²) in [5.74, 6) is -1.10. The van der Waals surface area contributed by atoms with Gasteiger partial charge in [-0.1, -0.05) is 112 Å². The molecule has 0 unspecified atom stereocenters. The molecule has 0 bridgehead atoms. The molecular formula is C44H51N5O7Si. The van der Waals surface area contributed by atoms with Gasteiger partial charge in [-0.2, -0.15) is 0 Å². The average Bonchev–Trinajstić information content (AvgIpc) is 3.77. The van der Waals surface area contributed by atoms with Gasteiger partial charge in [-0.05, 0) is 53.0 Å². The Hall–Kier alpha value is -4.86. The highest BCUT2D eigenvalue weighted by Crippen LogP contribution is 2.46. The number of methoxy groups -OCH3 is 2. The van der Waals surface area contributed by atoms with Gasteiger partial charge in [0, 0.05) is 26.2 Å². The van der Waals surface area contributed by atoms with Gasteiger partial charge in [0.05, 0.1) is 14.3 Å². The number of aromatic nitrogens is 4. The predicted octanol–water partition coefficient (Wildman–Crippen LogP) is 7.56. The third kappa shape index (κ3) is 7.76. The minimum absolute atomic E-state index is 0.203. The van der Waals surface area contributed by atoms with E-state index < -0.39 is 44.2 Å². The van der Waals surface area contributed by atoms with E-state index in [1.165, 1.54) is 12.7 Å². The number of hydrogen-bond acceptors (Lipinski definition) is 10. The van der Waals surface area contributed by atoms with E-state index >= 15 is 0 Å². The fraction of sp³-hybridized carbons (Fsp3) is 0.364. The molecule has 12 nitrogen and oxygen atoms in total. The number of ether oxygens (including phenoxy) is 4. The summed E-state index contributed by atoms with van der Waals surface area (Å²) in [6.07, 6.45) is 3.30. The zero-order valence-electron chi connectivity index (χ0n) is 34.4. The van der Waals surface area contributed by atoms with Crippen molar-refractivity contribution in [2.45, 2.75) is 81.2 Å². The molecule has 2 aliphatic rings. The smallest absolute Gasteiger partial charge is 0.256 e. The Morgan fingerprint density at radius 1 is 0.965 bits per heavy atom. The highest BCUT2D eigenvalue weighted by atomic mass is 28.4. The molecule has 3 aromatic carbocycles. The number of anilines is 1. The van der Waals surface area contributed by atoms with Gasteiger partial charge in [-0.15, -0.1) is 0 Å². The van der Waals surface area contributed by atoms with Gasteiger partial charge in [0.2, 0.25) is 0 Å². The molecule has 57 heavy (non-hydrogen) atoms. The Morgan fingerprint density at radius 3 is 2.14 bits per heavy atom. The van der Waals surface area contributed by atoms with E-state index in [0.717, 1.165) is 16.7 Å². The summed E-state index contributed by atoms with van der Waals surface area (Å²) in [4.78, 5) is 26.6. The van der Waals surface area contributed by atoms with Crippen LogP contribution in [-0.2, 0) is 29.0 Å². The maximum absolute atomic E-state index is 13.1. The first-order valence-corrected chi connectivity index (χ1v) is 21.9. The minimum atomic E-state index is -2.66.